The molecule has 2 aromatic heterocycles. The van der Waals surface area contributed by atoms with Crippen molar-refractivity contribution in [3.05, 3.63) is 40.6 Å². The molecule has 0 aliphatic rings. The molecule has 0 aliphatic heterocycles. The molecule has 0 aliphatic carbocycles. The summed E-state index contributed by atoms with van der Waals surface area (Å²) >= 11 is 5.88. The van der Waals surface area contributed by atoms with Gasteiger partial charge in [0.2, 0.25) is 0 Å². The minimum atomic E-state index is -0.166. The lowest BCUT2D eigenvalue weighted by Gasteiger charge is -2.09. The van der Waals surface area contributed by atoms with Crippen molar-refractivity contribution in [3.8, 4) is 0 Å². The third-order valence-corrected chi connectivity index (χ3v) is 2.88. The van der Waals surface area contributed by atoms with E-state index in [4.69, 9.17) is 21.8 Å². The molecule has 2 aromatic rings. The number of nitrogens with two attached hydrogens (primary N) is 1. The zero-order valence-electron chi connectivity index (χ0n) is 9.27. The van der Waals surface area contributed by atoms with Gasteiger partial charge in [-0.2, -0.15) is 5.10 Å². The maximum atomic E-state index is 6.06. The van der Waals surface area contributed by atoms with E-state index in [2.05, 4.69) is 5.10 Å². The molecular weight excluding hydrogens is 226 g/mol. The molecule has 0 spiro atoms. The molecule has 2 rings (SSSR count). The highest BCUT2D eigenvalue weighted by molar-refractivity contribution is 6.29. The Bertz CT molecular complexity index is 489. The molecule has 86 valence electrons. The maximum absolute atomic E-state index is 6.06. The third-order valence-electron chi connectivity index (χ3n) is 2.57. The van der Waals surface area contributed by atoms with Gasteiger partial charge < -0.3 is 10.2 Å². The summed E-state index contributed by atoms with van der Waals surface area (Å²) in [5, 5.41) is 4.64. The third kappa shape index (κ3) is 2.13. The first-order valence-corrected chi connectivity index (χ1v) is 5.43. The molecule has 0 saturated carbocycles. The summed E-state index contributed by atoms with van der Waals surface area (Å²) in [7, 11) is 1.91. The summed E-state index contributed by atoms with van der Waals surface area (Å²) < 4.78 is 6.86. The molecule has 2 heterocycles. The van der Waals surface area contributed by atoms with Gasteiger partial charge in [-0.15, -0.1) is 0 Å². The Hall–Kier alpha value is -1.26. The second-order valence-electron chi connectivity index (χ2n) is 3.86. The standard InChI is InChI=1S/C11H14ClN3O/c1-7-5-8(15(2)14-7)6-10(13)9-3-4-16-11(9)12/h3-5,10H,6,13H2,1-2H3. The van der Waals surface area contributed by atoms with Crippen LogP contribution in [0.2, 0.25) is 5.22 Å². The largest absolute Gasteiger partial charge is 0.453 e. The van der Waals surface area contributed by atoms with Crippen molar-refractivity contribution in [2.24, 2.45) is 12.8 Å². The SMILES string of the molecule is Cc1cc(CC(N)c2ccoc2Cl)n(C)n1. The van der Waals surface area contributed by atoms with Gasteiger partial charge in [-0.25, -0.2) is 0 Å². The molecule has 0 bridgehead atoms. The molecular formula is C11H14ClN3O. The van der Waals surface area contributed by atoms with Gasteiger partial charge in [-0.1, -0.05) is 0 Å². The van der Waals surface area contributed by atoms with Crippen LogP contribution in [0.5, 0.6) is 0 Å². The average Bonchev–Trinajstić information content (AvgIpc) is 2.74. The van der Waals surface area contributed by atoms with E-state index >= 15 is 0 Å². The van der Waals surface area contributed by atoms with Crippen molar-refractivity contribution < 1.29 is 4.42 Å². The van der Waals surface area contributed by atoms with Gasteiger partial charge >= 0.3 is 0 Å². The van der Waals surface area contributed by atoms with E-state index in [9.17, 15) is 0 Å². The van der Waals surface area contributed by atoms with Crippen LogP contribution in [0.4, 0.5) is 0 Å². The summed E-state index contributed by atoms with van der Waals surface area (Å²) in [6.45, 7) is 1.96. The molecule has 5 heteroatoms. The molecule has 0 saturated heterocycles. The van der Waals surface area contributed by atoms with Crippen molar-refractivity contribution >= 4 is 11.6 Å². The molecule has 0 radical (unpaired) electrons. The van der Waals surface area contributed by atoms with E-state index in [-0.39, 0.29) is 6.04 Å². The number of hydrogen-bond acceptors (Lipinski definition) is 3. The van der Waals surface area contributed by atoms with Crippen LogP contribution in [0.3, 0.4) is 0 Å². The Morgan fingerprint density at radius 1 is 1.62 bits per heavy atom. The van der Waals surface area contributed by atoms with Crippen molar-refractivity contribution in [2.75, 3.05) is 0 Å². The molecule has 0 fully saturated rings. The number of furan rings is 1. The number of aromatic nitrogens is 2. The fraction of sp³-hybridized carbons (Fsp3) is 0.364. The average molecular weight is 240 g/mol. The lowest BCUT2D eigenvalue weighted by atomic mass is 10.1. The normalized spacial score (nSPS) is 13.0. The topological polar surface area (TPSA) is 57.0 Å². The number of halogens is 1. The summed E-state index contributed by atoms with van der Waals surface area (Å²) in [6, 6.07) is 3.66. The van der Waals surface area contributed by atoms with Crippen LogP contribution in [-0.2, 0) is 13.5 Å². The lowest BCUT2D eigenvalue weighted by Crippen LogP contribution is -2.15. The van der Waals surface area contributed by atoms with Gasteiger partial charge in [0.15, 0.2) is 5.22 Å². The van der Waals surface area contributed by atoms with E-state index in [1.165, 1.54) is 0 Å². The Labute approximate surface area is 99.0 Å². The summed E-state index contributed by atoms with van der Waals surface area (Å²) in [6.07, 6.45) is 2.24. The minimum Gasteiger partial charge on any atom is -0.453 e. The minimum absolute atomic E-state index is 0.166. The van der Waals surface area contributed by atoms with Gasteiger partial charge in [-0.3, -0.25) is 4.68 Å². The molecule has 16 heavy (non-hydrogen) atoms. The summed E-state index contributed by atoms with van der Waals surface area (Å²) in [5.41, 5.74) is 8.97. The number of nitrogens with zero attached hydrogens (tertiary/aromatic N) is 2. The quantitative estimate of drug-likeness (QED) is 0.894. The zero-order valence-corrected chi connectivity index (χ0v) is 10.0. The first-order chi connectivity index (χ1) is 7.58. The van der Waals surface area contributed by atoms with E-state index in [1.807, 2.05) is 24.7 Å². The van der Waals surface area contributed by atoms with E-state index in [0.29, 0.717) is 11.6 Å². The highest BCUT2D eigenvalue weighted by atomic mass is 35.5. The van der Waals surface area contributed by atoms with Gasteiger partial charge in [0, 0.05) is 30.8 Å². The summed E-state index contributed by atoms with van der Waals surface area (Å²) in [5.74, 6) is 0. The highest BCUT2D eigenvalue weighted by Gasteiger charge is 2.15. The first kappa shape index (κ1) is 11.2. The summed E-state index contributed by atoms with van der Waals surface area (Å²) in [4.78, 5) is 0. The number of hydrogen-bond donors (Lipinski definition) is 1. The molecule has 1 atom stereocenters. The lowest BCUT2D eigenvalue weighted by molar-refractivity contribution is 0.558. The Morgan fingerprint density at radius 3 is 2.88 bits per heavy atom. The molecule has 1 unspecified atom stereocenters. The van der Waals surface area contributed by atoms with Gasteiger partial charge in [0.25, 0.3) is 0 Å². The van der Waals surface area contributed by atoms with E-state index in [0.717, 1.165) is 17.0 Å². The van der Waals surface area contributed by atoms with E-state index in [1.54, 1.807) is 12.3 Å². The fourth-order valence-electron chi connectivity index (χ4n) is 1.76. The van der Waals surface area contributed by atoms with Crippen molar-refractivity contribution in [1.82, 2.24) is 9.78 Å². The van der Waals surface area contributed by atoms with Crippen LogP contribution < -0.4 is 5.73 Å². The van der Waals surface area contributed by atoms with Crippen LogP contribution in [0.1, 0.15) is 23.0 Å². The molecule has 2 N–H and O–H groups in total. The van der Waals surface area contributed by atoms with Crippen LogP contribution >= 0.6 is 11.6 Å². The van der Waals surface area contributed by atoms with Gasteiger partial charge in [0.05, 0.1) is 12.0 Å². The predicted octanol–water partition coefficient (Wildman–Crippen LogP) is 2.22. The zero-order chi connectivity index (χ0) is 11.7. The van der Waals surface area contributed by atoms with Crippen LogP contribution in [-0.4, -0.2) is 9.78 Å². The maximum Gasteiger partial charge on any atom is 0.197 e. The molecule has 0 amide bonds. The van der Waals surface area contributed by atoms with Crippen LogP contribution in [0.15, 0.2) is 22.8 Å². The van der Waals surface area contributed by atoms with Crippen LogP contribution in [0.25, 0.3) is 0 Å². The fourth-order valence-corrected chi connectivity index (χ4v) is 2.02. The van der Waals surface area contributed by atoms with Crippen molar-refractivity contribution in [2.45, 2.75) is 19.4 Å². The highest BCUT2D eigenvalue weighted by Crippen LogP contribution is 2.24. The Morgan fingerprint density at radius 2 is 2.38 bits per heavy atom. The van der Waals surface area contributed by atoms with Gasteiger partial charge in [0.1, 0.15) is 0 Å². The van der Waals surface area contributed by atoms with Crippen molar-refractivity contribution in [1.29, 1.82) is 0 Å². The molecule has 4 nitrogen and oxygen atoms in total. The number of aryl methyl sites for hydroxylation is 2. The van der Waals surface area contributed by atoms with Gasteiger partial charge in [-0.05, 0) is 30.7 Å². The first-order valence-electron chi connectivity index (χ1n) is 5.06. The smallest absolute Gasteiger partial charge is 0.197 e. The predicted molar refractivity (Wildman–Crippen MR) is 62.3 cm³/mol. The Kier molecular flexibility index (Phi) is 3.03. The molecule has 0 aromatic carbocycles. The Balaban J connectivity index is 2.16. The monoisotopic (exact) mass is 239 g/mol. The second-order valence-corrected chi connectivity index (χ2v) is 4.20. The van der Waals surface area contributed by atoms with Crippen molar-refractivity contribution in [3.63, 3.8) is 0 Å². The van der Waals surface area contributed by atoms with Crippen LogP contribution in [0, 0.1) is 6.92 Å². The number of rotatable bonds is 3. The van der Waals surface area contributed by atoms with E-state index < -0.39 is 0 Å². The second kappa shape index (κ2) is 4.31.